The van der Waals surface area contributed by atoms with Crippen molar-refractivity contribution in [1.29, 1.82) is 0 Å². The number of benzene rings is 1. The molecule has 0 aliphatic heterocycles. The molecule has 0 aliphatic rings. The van der Waals surface area contributed by atoms with Crippen molar-refractivity contribution in [1.82, 2.24) is 5.32 Å². The standard InChI is InChI=1S/C14H22N2O2/c1-12(11-17)6-5-9-15-14(18)10-16-13-7-3-2-4-8-13/h2-4,7-8,12,16-17H,5-6,9-11H2,1H3,(H,15,18). The van der Waals surface area contributed by atoms with Gasteiger partial charge in [0.1, 0.15) is 0 Å². The van der Waals surface area contributed by atoms with Gasteiger partial charge in [-0.2, -0.15) is 0 Å². The summed E-state index contributed by atoms with van der Waals surface area (Å²) in [5, 5.41) is 14.8. The molecule has 0 fully saturated rings. The molecule has 1 aromatic carbocycles. The number of amides is 1. The zero-order chi connectivity index (χ0) is 13.2. The Kier molecular flexibility index (Phi) is 6.87. The average Bonchev–Trinajstić information content (AvgIpc) is 2.42. The highest BCUT2D eigenvalue weighted by atomic mass is 16.3. The summed E-state index contributed by atoms with van der Waals surface area (Å²) in [6.07, 6.45) is 1.84. The molecule has 0 saturated carbocycles. The van der Waals surface area contributed by atoms with Crippen molar-refractivity contribution in [2.75, 3.05) is 25.0 Å². The first-order chi connectivity index (χ1) is 8.72. The summed E-state index contributed by atoms with van der Waals surface area (Å²) >= 11 is 0. The molecule has 3 N–H and O–H groups in total. The molecule has 0 bridgehead atoms. The van der Waals surface area contributed by atoms with Crippen LogP contribution in [0.5, 0.6) is 0 Å². The van der Waals surface area contributed by atoms with E-state index < -0.39 is 0 Å². The van der Waals surface area contributed by atoms with Gasteiger partial charge in [-0.15, -0.1) is 0 Å². The van der Waals surface area contributed by atoms with Crippen LogP contribution in [-0.4, -0.2) is 30.7 Å². The lowest BCUT2D eigenvalue weighted by Gasteiger charge is -2.09. The molecule has 1 unspecified atom stereocenters. The van der Waals surface area contributed by atoms with Gasteiger partial charge in [0.05, 0.1) is 6.54 Å². The highest BCUT2D eigenvalue weighted by Gasteiger charge is 2.02. The second-order valence-corrected chi connectivity index (χ2v) is 4.50. The van der Waals surface area contributed by atoms with Crippen LogP contribution in [0.3, 0.4) is 0 Å². The van der Waals surface area contributed by atoms with Crippen LogP contribution in [0.1, 0.15) is 19.8 Å². The molecule has 1 atom stereocenters. The van der Waals surface area contributed by atoms with E-state index in [0.29, 0.717) is 19.0 Å². The second kappa shape index (κ2) is 8.53. The molecule has 100 valence electrons. The molecular weight excluding hydrogens is 228 g/mol. The second-order valence-electron chi connectivity index (χ2n) is 4.50. The van der Waals surface area contributed by atoms with Gasteiger partial charge < -0.3 is 15.7 Å². The molecule has 18 heavy (non-hydrogen) atoms. The van der Waals surface area contributed by atoms with Gasteiger partial charge in [0.2, 0.25) is 5.91 Å². The van der Waals surface area contributed by atoms with Gasteiger partial charge in [-0.25, -0.2) is 0 Å². The molecule has 0 saturated heterocycles. The number of aliphatic hydroxyl groups excluding tert-OH is 1. The summed E-state index contributed by atoms with van der Waals surface area (Å²) in [5.74, 6) is 0.305. The third-order valence-corrected chi connectivity index (χ3v) is 2.73. The number of hydrogen-bond donors (Lipinski definition) is 3. The van der Waals surface area contributed by atoms with Crippen molar-refractivity contribution in [3.63, 3.8) is 0 Å². The number of rotatable bonds is 8. The van der Waals surface area contributed by atoms with Crippen LogP contribution in [0.25, 0.3) is 0 Å². The summed E-state index contributed by atoms with van der Waals surface area (Å²) in [7, 11) is 0. The maximum absolute atomic E-state index is 11.5. The van der Waals surface area contributed by atoms with Crippen LogP contribution in [0.4, 0.5) is 5.69 Å². The molecule has 0 heterocycles. The molecule has 4 nitrogen and oxygen atoms in total. The van der Waals surface area contributed by atoms with E-state index in [4.69, 9.17) is 5.11 Å². The number of nitrogens with one attached hydrogen (secondary N) is 2. The zero-order valence-corrected chi connectivity index (χ0v) is 10.9. The van der Waals surface area contributed by atoms with Crippen LogP contribution >= 0.6 is 0 Å². The molecule has 0 spiro atoms. The van der Waals surface area contributed by atoms with E-state index in [-0.39, 0.29) is 12.5 Å². The maximum atomic E-state index is 11.5. The minimum absolute atomic E-state index is 0.00416. The number of carbonyl (C=O) groups is 1. The summed E-state index contributed by atoms with van der Waals surface area (Å²) in [4.78, 5) is 11.5. The summed E-state index contributed by atoms with van der Waals surface area (Å²) in [6, 6.07) is 9.65. The number of aliphatic hydroxyl groups is 1. The first-order valence-corrected chi connectivity index (χ1v) is 6.39. The minimum atomic E-state index is -0.00416. The lowest BCUT2D eigenvalue weighted by Crippen LogP contribution is -2.30. The number of carbonyl (C=O) groups excluding carboxylic acids is 1. The zero-order valence-electron chi connectivity index (χ0n) is 10.9. The smallest absolute Gasteiger partial charge is 0.239 e. The van der Waals surface area contributed by atoms with Crippen molar-refractivity contribution < 1.29 is 9.90 Å². The lowest BCUT2D eigenvalue weighted by molar-refractivity contribution is -0.119. The van der Waals surface area contributed by atoms with Crippen molar-refractivity contribution in [2.24, 2.45) is 5.92 Å². The molecular formula is C14H22N2O2. The van der Waals surface area contributed by atoms with Crippen LogP contribution in [0.15, 0.2) is 30.3 Å². The third-order valence-electron chi connectivity index (χ3n) is 2.73. The molecule has 0 aromatic heterocycles. The van der Waals surface area contributed by atoms with Gasteiger partial charge in [-0.05, 0) is 30.9 Å². The molecule has 4 heteroatoms. The van der Waals surface area contributed by atoms with E-state index in [0.717, 1.165) is 18.5 Å². The summed E-state index contributed by atoms with van der Waals surface area (Å²) in [5.41, 5.74) is 0.946. The predicted octanol–water partition coefficient (Wildman–Crippen LogP) is 1.62. The van der Waals surface area contributed by atoms with Crippen LogP contribution < -0.4 is 10.6 Å². The van der Waals surface area contributed by atoms with Crippen LogP contribution in [0, 0.1) is 5.92 Å². The number of hydrogen-bond acceptors (Lipinski definition) is 3. The molecule has 0 radical (unpaired) electrons. The van der Waals surface area contributed by atoms with Gasteiger partial charge in [-0.1, -0.05) is 25.1 Å². The van der Waals surface area contributed by atoms with Gasteiger partial charge >= 0.3 is 0 Å². The fourth-order valence-corrected chi connectivity index (χ4v) is 1.57. The Labute approximate surface area is 108 Å². The Morgan fingerprint density at radius 2 is 2.06 bits per heavy atom. The highest BCUT2D eigenvalue weighted by molar-refractivity contribution is 5.80. The third kappa shape index (κ3) is 6.25. The highest BCUT2D eigenvalue weighted by Crippen LogP contribution is 2.04. The average molecular weight is 250 g/mol. The van der Waals surface area contributed by atoms with Crippen molar-refractivity contribution in [2.45, 2.75) is 19.8 Å². The normalized spacial score (nSPS) is 11.9. The quantitative estimate of drug-likeness (QED) is 0.614. The van der Waals surface area contributed by atoms with E-state index >= 15 is 0 Å². The first-order valence-electron chi connectivity index (χ1n) is 6.39. The van der Waals surface area contributed by atoms with Crippen molar-refractivity contribution in [3.05, 3.63) is 30.3 Å². The van der Waals surface area contributed by atoms with Gasteiger partial charge in [0, 0.05) is 18.8 Å². The Morgan fingerprint density at radius 3 is 2.72 bits per heavy atom. The van der Waals surface area contributed by atoms with Gasteiger partial charge in [-0.3, -0.25) is 4.79 Å². The van der Waals surface area contributed by atoms with E-state index in [1.54, 1.807) is 0 Å². The van der Waals surface area contributed by atoms with E-state index in [1.165, 1.54) is 0 Å². The number of para-hydroxylation sites is 1. The van der Waals surface area contributed by atoms with Crippen molar-refractivity contribution >= 4 is 11.6 Å². The SMILES string of the molecule is CC(CO)CCCNC(=O)CNc1ccccc1. The van der Waals surface area contributed by atoms with E-state index in [9.17, 15) is 4.79 Å². The molecule has 0 aliphatic carbocycles. The molecule has 1 amide bonds. The topological polar surface area (TPSA) is 61.4 Å². The Morgan fingerprint density at radius 1 is 1.33 bits per heavy atom. The Bertz CT molecular complexity index is 341. The van der Waals surface area contributed by atoms with Gasteiger partial charge in [0.25, 0.3) is 0 Å². The predicted molar refractivity (Wildman–Crippen MR) is 73.4 cm³/mol. The maximum Gasteiger partial charge on any atom is 0.239 e. The molecule has 1 rings (SSSR count). The summed E-state index contributed by atoms with van der Waals surface area (Å²) < 4.78 is 0. The van der Waals surface area contributed by atoms with Gasteiger partial charge in [0.15, 0.2) is 0 Å². The Balaban J connectivity index is 2.07. The summed E-state index contributed by atoms with van der Waals surface area (Å²) in [6.45, 7) is 3.17. The fraction of sp³-hybridized carbons (Fsp3) is 0.500. The first kappa shape index (κ1) is 14.5. The van der Waals surface area contributed by atoms with Crippen LogP contribution in [0.2, 0.25) is 0 Å². The minimum Gasteiger partial charge on any atom is -0.396 e. The fourth-order valence-electron chi connectivity index (χ4n) is 1.57. The largest absolute Gasteiger partial charge is 0.396 e. The number of anilines is 1. The Hall–Kier alpha value is -1.55. The van der Waals surface area contributed by atoms with E-state index in [1.807, 2.05) is 37.3 Å². The van der Waals surface area contributed by atoms with Crippen LogP contribution in [-0.2, 0) is 4.79 Å². The molecule has 1 aromatic rings. The lowest BCUT2D eigenvalue weighted by atomic mass is 10.1. The van der Waals surface area contributed by atoms with Crippen molar-refractivity contribution in [3.8, 4) is 0 Å². The van der Waals surface area contributed by atoms with E-state index in [2.05, 4.69) is 10.6 Å². The monoisotopic (exact) mass is 250 g/mol.